The van der Waals surface area contributed by atoms with Crippen molar-refractivity contribution in [2.75, 3.05) is 32.7 Å². The van der Waals surface area contributed by atoms with Crippen molar-refractivity contribution in [2.45, 2.75) is 12.8 Å². The molecular weight excluding hydrogens is 272 g/mol. The standard InChI is InChI=1S/C15H20N2O4/c18-13-5-2-1-4-12(13)10-14(19)17-7-3-6-16(8-9-17)11-15(20)21/h1-2,4-5,18H,3,6-11H2,(H,20,21). The Bertz CT molecular complexity index is 518. The maximum absolute atomic E-state index is 12.3. The lowest BCUT2D eigenvalue weighted by atomic mass is 10.1. The van der Waals surface area contributed by atoms with Crippen LogP contribution in [-0.2, 0) is 16.0 Å². The average Bonchev–Trinajstić information content (AvgIpc) is 2.66. The summed E-state index contributed by atoms with van der Waals surface area (Å²) in [5.41, 5.74) is 0.620. The normalized spacial score (nSPS) is 16.5. The Morgan fingerprint density at radius 3 is 2.57 bits per heavy atom. The number of aromatic hydroxyl groups is 1. The number of carboxylic acids is 1. The molecule has 0 aromatic heterocycles. The van der Waals surface area contributed by atoms with Gasteiger partial charge in [-0.25, -0.2) is 0 Å². The molecule has 0 spiro atoms. The third-order valence-corrected chi connectivity index (χ3v) is 3.63. The zero-order chi connectivity index (χ0) is 15.2. The summed E-state index contributed by atoms with van der Waals surface area (Å²) in [6.07, 6.45) is 0.936. The third-order valence-electron chi connectivity index (χ3n) is 3.63. The zero-order valence-corrected chi connectivity index (χ0v) is 11.9. The maximum atomic E-state index is 12.3. The quantitative estimate of drug-likeness (QED) is 0.847. The Morgan fingerprint density at radius 2 is 1.86 bits per heavy atom. The number of carbonyl (C=O) groups is 2. The number of phenols is 1. The molecule has 0 unspecified atom stereocenters. The van der Waals surface area contributed by atoms with Gasteiger partial charge in [-0.05, 0) is 12.5 Å². The molecule has 2 N–H and O–H groups in total. The van der Waals surface area contributed by atoms with Crippen LogP contribution in [0.5, 0.6) is 5.75 Å². The van der Waals surface area contributed by atoms with Crippen LogP contribution in [0, 0.1) is 0 Å². The van der Waals surface area contributed by atoms with Crippen molar-refractivity contribution in [2.24, 2.45) is 0 Å². The van der Waals surface area contributed by atoms with E-state index in [-0.39, 0.29) is 24.6 Å². The van der Waals surface area contributed by atoms with E-state index >= 15 is 0 Å². The number of aliphatic carboxylic acids is 1. The molecule has 6 nitrogen and oxygen atoms in total. The molecule has 0 radical (unpaired) electrons. The largest absolute Gasteiger partial charge is 0.508 e. The Morgan fingerprint density at radius 1 is 1.10 bits per heavy atom. The van der Waals surface area contributed by atoms with E-state index in [1.165, 1.54) is 0 Å². The van der Waals surface area contributed by atoms with Gasteiger partial charge in [0.1, 0.15) is 5.75 Å². The Kier molecular flexibility index (Phi) is 5.16. The molecule has 1 aliphatic heterocycles. The van der Waals surface area contributed by atoms with E-state index in [2.05, 4.69) is 0 Å². The Balaban J connectivity index is 1.91. The fourth-order valence-corrected chi connectivity index (χ4v) is 2.50. The molecule has 0 aliphatic carbocycles. The molecule has 1 fully saturated rings. The van der Waals surface area contributed by atoms with E-state index < -0.39 is 5.97 Å². The summed E-state index contributed by atoms with van der Waals surface area (Å²) in [6, 6.07) is 6.82. The second-order valence-electron chi connectivity index (χ2n) is 5.21. The van der Waals surface area contributed by atoms with Gasteiger partial charge < -0.3 is 15.1 Å². The highest BCUT2D eigenvalue weighted by Crippen LogP contribution is 2.17. The molecule has 0 atom stereocenters. The number of carboxylic acid groups (broad SMARTS) is 1. The van der Waals surface area contributed by atoms with Crippen LogP contribution in [-0.4, -0.2) is 64.6 Å². The number of para-hydroxylation sites is 1. The van der Waals surface area contributed by atoms with Crippen molar-refractivity contribution in [1.82, 2.24) is 9.80 Å². The summed E-state index contributed by atoms with van der Waals surface area (Å²) in [6.45, 7) is 2.43. The molecule has 1 aliphatic rings. The minimum absolute atomic E-state index is 0.0154. The molecule has 1 amide bonds. The zero-order valence-electron chi connectivity index (χ0n) is 11.9. The SMILES string of the molecule is O=C(O)CN1CCCN(C(=O)Cc2ccccc2O)CC1. The molecule has 114 valence electrons. The van der Waals surface area contributed by atoms with E-state index in [0.29, 0.717) is 31.7 Å². The van der Waals surface area contributed by atoms with Gasteiger partial charge in [-0.1, -0.05) is 18.2 Å². The van der Waals surface area contributed by atoms with Crippen LogP contribution >= 0.6 is 0 Å². The maximum Gasteiger partial charge on any atom is 0.317 e. The first-order valence-corrected chi connectivity index (χ1v) is 7.05. The Hall–Kier alpha value is -2.08. The van der Waals surface area contributed by atoms with E-state index in [1.807, 2.05) is 4.90 Å². The van der Waals surface area contributed by atoms with Crippen LogP contribution in [0.2, 0.25) is 0 Å². The highest BCUT2D eigenvalue weighted by Gasteiger charge is 2.20. The van der Waals surface area contributed by atoms with Gasteiger partial charge in [0.05, 0.1) is 13.0 Å². The summed E-state index contributed by atoms with van der Waals surface area (Å²) in [5, 5.41) is 18.5. The fourth-order valence-electron chi connectivity index (χ4n) is 2.50. The van der Waals surface area contributed by atoms with E-state index in [1.54, 1.807) is 29.2 Å². The summed E-state index contributed by atoms with van der Waals surface area (Å²) < 4.78 is 0. The molecule has 1 aromatic rings. The van der Waals surface area contributed by atoms with Gasteiger partial charge in [-0.2, -0.15) is 0 Å². The van der Waals surface area contributed by atoms with Gasteiger partial charge in [0.2, 0.25) is 5.91 Å². The number of phenolic OH excluding ortho intramolecular Hbond substituents is 1. The summed E-state index contributed by atoms with van der Waals surface area (Å²) in [7, 11) is 0. The van der Waals surface area contributed by atoms with Gasteiger partial charge in [0.25, 0.3) is 0 Å². The minimum Gasteiger partial charge on any atom is -0.508 e. The second-order valence-corrected chi connectivity index (χ2v) is 5.21. The van der Waals surface area contributed by atoms with Gasteiger partial charge in [0.15, 0.2) is 0 Å². The van der Waals surface area contributed by atoms with Crippen molar-refractivity contribution < 1.29 is 19.8 Å². The van der Waals surface area contributed by atoms with Crippen molar-refractivity contribution >= 4 is 11.9 Å². The molecular formula is C15H20N2O4. The predicted molar refractivity (Wildman–Crippen MR) is 77.1 cm³/mol. The van der Waals surface area contributed by atoms with Crippen LogP contribution in [0.1, 0.15) is 12.0 Å². The summed E-state index contributed by atoms with van der Waals surface area (Å²) in [5.74, 6) is -0.745. The lowest BCUT2D eigenvalue weighted by Crippen LogP contribution is -2.37. The smallest absolute Gasteiger partial charge is 0.317 e. The predicted octanol–water partition coefficient (Wildman–Crippen LogP) is 0.554. The number of hydrogen-bond acceptors (Lipinski definition) is 4. The Labute approximate surface area is 123 Å². The molecule has 0 bridgehead atoms. The summed E-state index contributed by atoms with van der Waals surface area (Å²) in [4.78, 5) is 26.6. The first-order valence-electron chi connectivity index (χ1n) is 7.05. The molecule has 21 heavy (non-hydrogen) atoms. The first-order chi connectivity index (χ1) is 10.1. The van der Waals surface area contributed by atoms with Crippen LogP contribution in [0.25, 0.3) is 0 Å². The fraction of sp³-hybridized carbons (Fsp3) is 0.467. The first kappa shape index (κ1) is 15.3. The lowest BCUT2D eigenvalue weighted by molar-refractivity contribution is -0.138. The van der Waals surface area contributed by atoms with Crippen molar-refractivity contribution in [3.63, 3.8) is 0 Å². The van der Waals surface area contributed by atoms with Gasteiger partial charge in [0, 0.05) is 31.7 Å². The van der Waals surface area contributed by atoms with Crippen molar-refractivity contribution in [3.8, 4) is 5.75 Å². The number of benzene rings is 1. The van der Waals surface area contributed by atoms with Crippen molar-refractivity contribution in [3.05, 3.63) is 29.8 Å². The highest BCUT2D eigenvalue weighted by molar-refractivity contribution is 5.79. The van der Waals surface area contributed by atoms with Gasteiger partial charge in [-0.15, -0.1) is 0 Å². The molecule has 6 heteroatoms. The molecule has 1 saturated heterocycles. The average molecular weight is 292 g/mol. The van der Waals surface area contributed by atoms with Crippen LogP contribution in [0.15, 0.2) is 24.3 Å². The number of amides is 1. The molecule has 0 saturated carbocycles. The highest BCUT2D eigenvalue weighted by atomic mass is 16.4. The summed E-state index contributed by atoms with van der Waals surface area (Å²) >= 11 is 0. The van der Waals surface area contributed by atoms with Gasteiger partial charge in [-0.3, -0.25) is 14.5 Å². The van der Waals surface area contributed by atoms with Crippen LogP contribution in [0.3, 0.4) is 0 Å². The van der Waals surface area contributed by atoms with Crippen molar-refractivity contribution in [1.29, 1.82) is 0 Å². The van der Waals surface area contributed by atoms with Crippen LogP contribution < -0.4 is 0 Å². The molecule has 1 heterocycles. The third kappa shape index (κ3) is 4.46. The monoisotopic (exact) mass is 292 g/mol. The minimum atomic E-state index is -0.844. The number of carbonyl (C=O) groups excluding carboxylic acids is 1. The van der Waals surface area contributed by atoms with Crippen LogP contribution in [0.4, 0.5) is 0 Å². The number of rotatable bonds is 4. The number of nitrogens with zero attached hydrogens (tertiary/aromatic N) is 2. The van der Waals surface area contributed by atoms with Gasteiger partial charge >= 0.3 is 5.97 Å². The topological polar surface area (TPSA) is 81.1 Å². The van der Waals surface area contributed by atoms with E-state index in [0.717, 1.165) is 6.42 Å². The lowest BCUT2D eigenvalue weighted by Gasteiger charge is -2.21. The number of hydrogen-bond donors (Lipinski definition) is 2. The van der Waals surface area contributed by atoms with E-state index in [9.17, 15) is 14.7 Å². The molecule has 2 rings (SSSR count). The molecule has 1 aromatic carbocycles. The second kappa shape index (κ2) is 7.08. The van der Waals surface area contributed by atoms with E-state index in [4.69, 9.17) is 5.11 Å².